The minimum Gasteiger partial charge on any atom is -0.351 e. The molecule has 19 heavy (non-hydrogen) atoms. The number of likely N-dealkylation sites (N-methyl/N-ethyl adjacent to an activating group) is 1. The van der Waals surface area contributed by atoms with Crippen LogP contribution in [-0.4, -0.2) is 49.4 Å². The van der Waals surface area contributed by atoms with Gasteiger partial charge in [-0.05, 0) is 30.8 Å². The SMILES string of the molecule is CN(CC(=O)NC1CCCNC1)C(=O)c1cccs1. The molecule has 5 nitrogen and oxygen atoms in total. The van der Waals surface area contributed by atoms with Gasteiger partial charge in [0.05, 0.1) is 11.4 Å². The Morgan fingerprint density at radius 3 is 3.05 bits per heavy atom. The zero-order valence-corrected chi connectivity index (χ0v) is 11.8. The van der Waals surface area contributed by atoms with Crippen LogP contribution in [0.4, 0.5) is 0 Å². The number of hydrogen-bond acceptors (Lipinski definition) is 4. The molecule has 1 unspecified atom stereocenters. The molecule has 2 amide bonds. The van der Waals surface area contributed by atoms with Crippen LogP contribution in [0.1, 0.15) is 22.5 Å². The van der Waals surface area contributed by atoms with Crippen molar-refractivity contribution in [2.45, 2.75) is 18.9 Å². The van der Waals surface area contributed by atoms with Crippen molar-refractivity contribution in [1.82, 2.24) is 15.5 Å². The second kappa shape index (κ2) is 6.68. The van der Waals surface area contributed by atoms with E-state index in [2.05, 4.69) is 10.6 Å². The molecule has 1 fully saturated rings. The van der Waals surface area contributed by atoms with Crippen LogP contribution in [0.2, 0.25) is 0 Å². The molecule has 0 bridgehead atoms. The van der Waals surface area contributed by atoms with Gasteiger partial charge in [-0.15, -0.1) is 11.3 Å². The Balaban J connectivity index is 1.79. The zero-order chi connectivity index (χ0) is 13.7. The van der Waals surface area contributed by atoms with Gasteiger partial charge in [-0.3, -0.25) is 9.59 Å². The molecule has 0 saturated carbocycles. The van der Waals surface area contributed by atoms with Crippen LogP contribution in [0.5, 0.6) is 0 Å². The predicted octanol–water partition coefficient (Wildman–Crippen LogP) is 0.688. The van der Waals surface area contributed by atoms with E-state index in [-0.39, 0.29) is 24.4 Å². The van der Waals surface area contributed by atoms with Crippen molar-refractivity contribution in [3.8, 4) is 0 Å². The highest BCUT2D eigenvalue weighted by Crippen LogP contribution is 2.10. The Kier molecular flexibility index (Phi) is 4.93. The molecule has 2 N–H and O–H groups in total. The van der Waals surface area contributed by atoms with E-state index >= 15 is 0 Å². The summed E-state index contributed by atoms with van der Waals surface area (Å²) in [6, 6.07) is 3.79. The summed E-state index contributed by atoms with van der Waals surface area (Å²) in [5.74, 6) is -0.201. The second-order valence-corrected chi connectivity index (χ2v) is 5.70. The molecular weight excluding hydrogens is 262 g/mol. The molecule has 1 aromatic heterocycles. The van der Waals surface area contributed by atoms with Crippen LogP contribution in [-0.2, 0) is 4.79 Å². The number of amides is 2. The molecular formula is C13H19N3O2S. The number of thiophene rings is 1. The van der Waals surface area contributed by atoms with Crippen molar-refractivity contribution in [1.29, 1.82) is 0 Å². The van der Waals surface area contributed by atoms with Crippen molar-refractivity contribution in [3.63, 3.8) is 0 Å². The zero-order valence-electron chi connectivity index (χ0n) is 11.0. The smallest absolute Gasteiger partial charge is 0.264 e. The van der Waals surface area contributed by atoms with Gasteiger partial charge in [0.15, 0.2) is 0 Å². The number of hydrogen-bond donors (Lipinski definition) is 2. The van der Waals surface area contributed by atoms with Crippen molar-refractivity contribution in [2.75, 3.05) is 26.7 Å². The van der Waals surface area contributed by atoms with Gasteiger partial charge in [-0.2, -0.15) is 0 Å². The first-order chi connectivity index (χ1) is 9.16. The average molecular weight is 281 g/mol. The molecule has 6 heteroatoms. The van der Waals surface area contributed by atoms with E-state index in [1.54, 1.807) is 13.1 Å². The number of carbonyl (C=O) groups excluding carboxylic acids is 2. The van der Waals surface area contributed by atoms with Crippen LogP contribution < -0.4 is 10.6 Å². The predicted molar refractivity (Wildman–Crippen MR) is 75.3 cm³/mol. The molecule has 2 heterocycles. The fourth-order valence-corrected chi connectivity index (χ4v) is 2.84. The molecule has 0 spiro atoms. The molecule has 2 rings (SSSR count). The van der Waals surface area contributed by atoms with Gasteiger partial charge in [0.2, 0.25) is 5.91 Å². The highest BCUT2D eigenvalue weighted by Gasteiger charge is 2.19. The lowest BCUT2D eigenvalue weighted by Crippen LogP contribution is -2.48. The largest absolute Gasteiger partial charge is 0.351 e. The van der Waals surface area contributed by atoms with Crippen LogP contribution in [0.25, 0.3) is 0 Å². The first-order valence-electron chi connectivity index (χ1n) is 6.46. The van der Waals surface area contributed by atoms with Gasteiger partial charge in [-0.1, -0.05) is 6.07 Å². The molecule has 0 aromatic carbocycles. The summed E-state index contributed by atoms with van der Waals surface area (Å²) in [6.07, 6.45) is 2.08. The Hall–Kier alpha value is -1.40. The topological polar surface area (TPSA) is 61.4 Å². The summed E-state index contributed by atoms with van der Waals surface area (Å²) >= 11 is 1.39. The monoisotopic (exact) mass is 281 g/mol. The first-order valence-corrected chi connectivity index (χ1v) is 7.34. The molecule has 1 aliphatic rings. The fourth-order valence-electron chi connectivity index (χ4n) is 2.12. The summed E-state index contributed by atoms with van der Waals surface area (Å²) in [7, 11) is 1.65. The molecule has 104 valence electrons. The van der Waals surface area contributed by atoms with E-state index in [0.29, 0.717) is 4.88 Å². The van der Waals surface area contributed by atoms with Crippen molar-refractivity contribution < 1.29 is 9.59 Å². The van der Waals surface area contributed by atoms with Gasteiger partial charge in [0.25, 0.3) is 5.91 Å². The second-order valence-electron chi connectivity index (χ2n) is 4.75. The lowest BCUT2D eigenvalue weighted by Gasteiger charge is -2.25. The Labute approximate surface area is 117 Å². The first kappa shape index (κ1) is 14.0. The quantitative estimate of drug-likeness (QED) is 0.853. The summed E-state index contributed by atoms with van der Waals surface area (Å²) in [4.78, 5) is 26.0. The minimum absolute atomic E-state index is 0.0962. The Morgan fingerprint density at radius 1 is 1.58 bits per heavy atom. The molecule has 0 radical (unpaired) electrons. The molecule has 1 aliphatic heterocycles. The summed E-state index contributed by atoms with van der Waals surface area (Å²) in [5, 5.41) is 8.06. The van der Waals surface area contributed by atoms with E-state index in [1.165, 1.54) is 16.2 Å². The number of rotatable bonds is 4. The molecule has 1 atom stereocenters. The Bertz CT molecular complexity index is 427. The third-order valence-electron chi connectivity index (χ3n) is 3.12. The molecule has 0 aliphatic carbocycles. The summed E-state index contributed by atoms with van der Waals surface area (Å²) in [5.41, 5.74) is 0. The van der Waals surface area contributed by atoms with Crippen molar-refractivity contribution in [2.24, 2.45) is 0 Å². The van der Waals surface area contributed by atoms with E-state index in [1.807, 2.05) is 11.4 Å². The standard InChI is InChI=1S/C13H19N3O2S/c1-16(13(18)11-5-3-7-19-11)9-12(17)15-10-4-2-6-14-8-10/h3,5,7,10,14H,2,4,6,8-9H2,1H3,(H,15,17). The maximum atomic E-state index is 12.0. The van der Waals surface area contributed by atoms with Gasteiger partial charge < -0.3 is 15.5 Å². The summed E-state index contributed by atoms with van der Waals surface area (Å²) < 4.78 is 0. The number of nitrogens with zero attached hydrogens (tertiary/aromatic N) is 1. The van der Waals surface area contributed by atoms with Crippen LogP contribution in [0.3, 0.4) is 0 Å². The highest BCUT2D eigenvalue weighted by molar-refractivity contribution is 7.12. The van der Waals surface area contributed by atoms with Crippen LogP contribution >= 0.6 is 11.3 Å². The van der Waals surface area contributed by atoms with E-state index in [4.69, 9.17) is 0 Å². The normalized spacial score (nSPS) is 18.9. The highest BCUT2D eigenvalue weighted by atomic mass is 32.1. The molecule has 1 saturated heterocycles. The van der Waals surface area contributed by atoms with Crippen LogP contribution in [0.15, 0.2) is 17.5 Å². The number of piperidine rings is 1. The number of carbonyl (C=O) groups is 2. The lowest BCUT2D eigenvalue weighted by molar-refractivity contribution is -0.122. The van der Waals surface area contributed by atoms with Crippen molar-refractivity contribution in [3.05, 3.63) is 22.4 Å². The average Bonchev–Trinajstić information content (AvgIpc) is 2.92. The van der Waals surface area contributed by atoms with Crippen molar-refractivity contribution >= 4 is 23.2 Å². The third kappa shape index (κ3) is 4.04. The van der Waals surface area contributed by atoms with E-state index < -0.39 is 0 Å². The maximum Gasteiger partial charge on any atom is 0.264 e. The Morgan fingerprint density at radius 2 is 2.42 bits per heavy atom. The summed E-state index contributed by atoms with van der Waals surface area (Å²) in [6.45, 7) is 1.94. The maximum absolute atomic E-state index is 12.0. The third-order valence-corrected chi connectivity index (χ3v) is 3.98. The van der Waals surface area contributed by atoms with Crippen LogP contribution in [0, 0.1) is 0 Å². The number of nitrogens with one attached hydrogen (secondary N) is 2. The molecule has 1 aromatic rings. The lowest BCUT2D eigenvalue weighted by atomic mass is 10.1. The van der Waals surface area contributed by atoms with Gasteiger partial charge in [0, 0.05) is 19.6 Å². The van der Waals surface area contributed by atoms with E-state index in [0.717, 1.165) is 25.9 Å². The van der Waals surface area contributed by atoms with Gasteiger partial charge in [-0.25, -0.2) is 0 Å². The van der Waals surface area contributed by atoms with Gasteiger partial charge in [0.1, 0.15) is 0 Å². The fraction of sp³-hybridized carbons (Fsp3) is 0.538. The van der Waals surface area contributed by atoms with E-state index in [9.17, 15) is 9.59 Å². The van der Waals surface area contributed by atoms with Gasteiger partial charge >= 0.3 is 0 Å². The minimum atomic E-state index is -0.105.